The smallest absolute Gasteiger partial charge is 0.0902 e. The summed E-state index contributed by atoms with van der Waals surface area (Å²) in [4.78, 5) is 1.90. The second-order valence-corrected chi connectivity index (χ2v) is 32.1. The summed E-state index contributed by atoms with van der Waals surface area (Å²) >= 11 is 0. The Bertz CT molecular complexity index is 475. The van der Waals surface area contributed by atoms with Gasteiger partial charge >= 0.3 is 0 Å². The molecule has 0 aliphatic carbocycles. The lowest BCUT2D eigenvalue weighted by Crippen LogP contribution is -2.46. The molecule has 0 aliphatic rings. The molecule has 154 valence electrons. The van der Waals surface area contributed by atoms with E-state index in [1.165, 1.54) is 42.3 Å². The van der Waals surface area contributed by atoms with Crippen molar-refractivity contribution >= 4 is 32.3 Å². The summed E-state index contributed by atoms with van der Waals surface area (Å²) < 4.78 is 0. The van der Waals surface area contributed by atoms with Crippen LogP contribution in [0.3, 0.4) is 0 Å². The van der Waals surface area contributed by atoms with E-state index in [1.807, 2.05) is 10.0 Å². The zero-order chi connectivity index (χ0) is 20.8. The lowest BCUT2D eigenvalue weighted by atomic mass is 10.6. The van der Waals surface area contributed by atoms with Gasteiger partial charge in [0.15, 0.2) is 0 Å². The van der Waals surface area contributed by atoms with Crippen molar-refractivity contribution in [3.8, 4) is 0 Å². The minimum absolute atomic E-state index is 1.14. The Morgan fingerprint density at radius 1 is 0.577 bits per heavy atom. The van der Waals surface area contributed by atoms with Gasteiger partial charge in [0, 0.05) is 8.07 Å². The van der Waals surface area contributed by atoms with Crippen LogP contribution in [-0.2, 0) is 0 Å². The summed E-state index contributed by atoms with van der Waals surface area (Å²) in [5.41, 5.74) is 4.39. The van der Waals surface area contributed by atoms with Crippen molar-refractivity contribution in [1.29, 1.82) is 0 Å². The van der Waals surface area contributed by atoms with Gasteiger partial charge in [-0.1, -0.05) is 122 Å². The first-order chi connectivity index (χ1) is 11.8. The Labute approximate surface area is 171 Å². The van der Waals surface area contributed by atoms with Gasteiger partial charge in [0.05, 0.1) is 24.2 Å². The molecule has 0 aromatic rings. The number of allylic oxidation sites excluding steroid dienone is 1. The molecular weight excluding hydrogens is 377 g/mol. The first-order valence-electron chi connectivity index (χ1n) is 11.3. The van der Waals surface area contributed by atoms with Gasteiger partial charge in [-0.25, -0.2) is 0 Å². The monoisotopic (exact) mass is 426 g/mol. The molecule has 0 saturated heterocycles. The molecule has 26 heavy (non-hydrogen) atoms. The highest BCUT2D eigenvalue weighted by Gasteiger charge is 2.40. The first kappa shape index (κ1) is 26.4. The van der Waals surface area contributed by atoms with Gasteiger partial charge in [0.2, 0.25) is 0 Å². The fourth-order valence-electron chi connectivity index (χ4n) is 4.83. The van der Waals surface area contributed by atoms with Crippen LogP contribution in [0.1, 0.15) is 41.5 Å². The number of hydrogen-bond donors (Lipinski definition) is 0. The van der Waals surface area contributed by atoms with Gasteiger partial charge in [-0.15, -0.1) is 5.73 Å². The summed E-state index contributed by atoms with van der Waals surface area (Å²) in [6, 6.07) is 9.84. The molecule has 0 atom stereocenters. The van der Waals surface area contributed by atoms with E-state index in [0.29, 0.717) is 0 Å². The zero-order valence-corrected chi connectivity index (χ0v) is 24.4. The summed E-state index contributed by atoms with van der Waals surface area (Å²) in [5, 5.41) is 1.86. The van der Waals surface area contributed by atoms with Crippen LogP contribution in [0, 0.1) is 0 Å². The van der Waals surface area contributed by atoms with Crippen LogP contribution in [0.15, 0.2) is 15.7 Å². The van der Waals surface area contributed by atoms with E-state index >= 15 is 0 Å². The predicted octanol–water partition coefficient (Wildman–Crippen LogP) is 8.75. The van der Waals surface area contributed by atoms with Gasteiger partial charge in [-0.05, 0) is 11.2 Å². The molecule has 0 N–H and O–H groups in total. The summed E-state index contributed by atoms with van der Waals surface area (Å²) in [5.74, 6) is 0. The van der Waals surface area contributed by atoms with E-state index in [4.69, 9.17) is 0 Å². The minimum Gasteiger partial charge on any atom is -0.136 e. The topological polar surface area (TPSA) is 0 Å². The van der Waals surface area contributed by atoms with Crippen LogP contribution in [0.5, 0.6) is 0 Å². The maximum absolute atomic E-state index is 4.39. The van der Waals surface area contributed by atoms with Crippen molar-refractivity contribution in [1.82, 2.24) is 0 Å². The molecule has 0 unspecified atom stereocenters. The van der Waals surface area contributed by atoms with Gasteiger partial charge < -0.3 is 0 Å². The fraction of sp³-hybridized carbons (Fsp3) is 0.864. The molecule has 4 heteroatoms. The standard InChI is InChI=1S/C22H50Si4/c1-13-25(14-2,15-3)21(20-23(7,8)9)19-22(24(10,11)12)26(16-4,17-5)18-6/h13-18,20H2,1-12H3. The largest absolute Gasteiger partial charge is 0.136 e. The van der Waals surface area contributed by atoms with E-state index in [0.717, 1.165) is 0 Å². The van der Waals surface area contributed by atoms with Gasteiger partial charge in [0.25, 0.3) is 0 Å². The molecule has 0 radical (unpaired) electrons. The van der Waals surface area contributed by atoms with Crippen LogP contribution in [0.2, 0.25) is 81.6 Å². The second-order valence-electron chi connectivity index (χ2n) is 10.6. The number of hydrogen-bond acceptors (Lipinski definition) is 0. The molecule has 0 rings (SSSR count). The van der Waals surface area contributed by atoms with Crippen molar-refractivity contribution in [3.63, 3.8) is 0 Å². The lowest BCUT2D eigenvalue weighted by Gasteiger charge is -2.39. The molecule has 0 aliphatic heterocycles. The first-order valence-corrected chi connectivity index (χ1v) is 23.8. The third-order valence-electron chi connectivity index (χ3n) is 6.96. The van der Waals surface area contributed by atoms with E-state index in [-0.39, 0.29) is 0 Å². The Morgan fingerprint density at radius 2 is 0.923 bits per heavy atom. The SMILES string of the molecule is CC[Si](CC)(CC)C(=C=C([Si](C)(C)C)[Si](CC)(CC)CC)C[Si](C)(C)C. The van der Waals surface area contributed by atoms with Crippen molar-refractivity contribution < 1.29 is 0 Å². The molecule has 0 fully saturated rings. The summed E-state index contributed by atoms with van der Waals surface area (Å²) in [6.07, 6.45) is 0. The molecule has 0 aromatic heterocycles. The number of rotatable bonds is 11. The third kappa shape index (κ3) is 6.48. The Balaban J connectivity index is 7.08. The highest BCUT2D eigenvalue weighted by atomic mass is 28.4. The zero-order valence-electron chi connectivity index (χ0n) is 20.4. The minimum atomic E-state index is -1.36. The van der Waals surface area contributed by atoms with E-state index in [9.17, 15) is 0 Å². The summed E-state index contributed by atoms with van der Waals surface area (Å²) in [7, 11) is -5.20. The molecule has 0 amide bonds. The summed E-state index contributed by atoms with van der Waals surface area (Å²) in [6.45, 7) is 30.3. The van der Waals surface area contributed by atoms with Crippen LogP contribution < -0.4 is 0 Å². The molecule has 0 spiro atoms. The van der Waals surface area contributed by atoms with Crippen LogP contribution in [-0.4, -0.2) is 32.3 Å². The predicted molar refractivity (Wildman–Crippen MR) is 136 cm³/mol. The molecule has 0 heterocycles. The van der Waals surface area contributed by atoms with Crippen molar-refractivity contribution in [2.24, 2.45) is 0 Å². The Hall–Kier alpha value is 0.388. The van der Waals surface area contributed by atoms with Crippen molar-refractivity contribution in [2.45, 2.75) is 123 Å². The highest BCUT2D eigenvalue weighted by Crippen LogP contribution is 2.38. The molecular formula is C22H50Si4. The Kier molecular flexibility index (Phi) is 10.4. The lowest BCUT2D eigenvalue weighted by molar-refractivity contribution is 1.16. The normalized spacial score (nSPS) is 13.5. The average Bonchev–Trinajstić information content (AvgIpc) is 2.55. The van der Waals surface area contributed by atoms with Gasteiger partial charge in [-0.2, -0.15) is 0 Å². The second kappa shape index (κ2) is 10.2. The molecule has 0 nitrogen and oxygen atoms in total. The average molecular weight is 427 g/mol. The highest BCUT2D eigenvalue weighted by molar-refractivity contribution is 7.06. The maximum atomic E-state index is 4.39. The van der Waals surface area contributed by atoms with Crippen LogP contribution >= 0.6 is 0 Å². The van der Waals surface area contributed by atoms with Crippen LogP contribution in [0.4, 0.5) is 0 Å². The third-order valence-corrected chi connectivity index (χ3v) is 25.1. The van der Waals surface area contributed by atoms with E-state index < -0.39 is 32.3 Å². The van der Waals surface area contributed by atoms with Crippen LogP contribution in [0.25, 0.3) is 0 Å². The van der Waals surface area contributed by atoms with Crippen molar-refractivity contribution in [2.75, 3.05) is 0 Å². The maximum Gasteiger partial charge on any atom is 0.0902 e. The Morgan fingerprint density at radius 3 is 1.15 bits per heavy atom. The van der Waals surface area contributed by atoms with E-state index in [1.54, 1.807) is 0 Å². The van der Waals surface area contributed by atoms with Gasteiger partial charge in [-0.3, -0.25) is 0 Å². The van der Waals surface area contributed by atoms with Crippen molar-refractivity contribution in [3.05, 3.63) is 15.7 Å². The quantitative estimate of drug-likeness (QED) is 0.229. The molecule has 0 bridgehead atoms. The van der Waals surface area contributed by atoms with E-state index in [2.05, 4.69) is 86.6 Å². The molecule has 0 saturated carbocycles. The fourth-order valence-corrected chi connectivity index (χ4v) is 23.9. The van der Waals surface area contributed by atoms with Gasteiger partial charge in [0.1, 0.15) is 0 Å². The molecule has 0 aromatic carbocycles.